The molecule has 0 bridgehead atoms. The van der Waals surface area contributed by atoms with E-state index >= 15 is 0 Å². The molecule has 1 aliphatic heterocycles. The van der Waals surface area contributed by atoms with Crippen molar-refractivity contribution in [3.63, 3.8) is 0 Å². The van der Waals surface area contributed by atoms with Crippen molar-refractivity contribution in [2.45, 2.75) is 31.8 Å². The van der Waals surface area contributed by atoms with Gasteiger partial charge in [0.1, 0.15) is 0 Å². The second-order valence-electron chi connectivity index (χ2n) is 3.33. The van der Waals surface area contributed by atoms with E-state index in [1.54, 1.807) is 0 Å². The van der Waals surface area contributed by atoms with Gasteiger partial charge in [-0.2, -0.15) is 0 Å². The third kappa shape index (κ3) is 4.55. The highest BCUT2D eigenvalue weighted by atomic mass is 32.1. The maximum atomic E-state index is 5.57. The summed E-state index contributed by atoms with van der Waals surface area (Å²) in [7, 11) is 0. The molecule has 1 unspecified atom stereocenters. The third-order valence-corrected chi connectivity index (χ3v) is 2.46. The lowest BCUT2D eigenvalue weighted by atomic mass is 10.1. The highest BCUT2D eigenvalue weighted by molar-refractivity contribution is 7.80. The minimum absolute atomic E-state index is 0.339. The first kappa shape index (κ1) is 10.9. The largest absolute Gasteiger partial charge is 0.378 e. The summed E-state index contributed by atoms with van der Waals surface area (Å²) in [6.07, 6.45) is 4.80. The summed E-state index contributed by atoms with van der Waals surface area (Å²) in [5.74, 6) is 0. The Bertz CT molecular complexity index is 158. The lowest BCUT2D eigenvalue weighted by molar-refractivity contribution is 0.0210. The van der Waals surface area contributed by atoms with Crippen molar-refractivity contribution < 1.29 is 4.74 Å². The molecule has 1 saturated heterocycles. The van der Waals surface area contributed by atoms with Gasteiger partial charge in [-0.15, -0.1) is 0 Å². The zero-order chi connectivity index (χ0) is 9.52. The molecular weight excluding hydrogens is 184 g/mol. The zero-order valence-electron chi connectivity index (χ0n) is 7.92. The third-order valence-electron chi connectivity index (χ3n) is 2.15. The summed E-state index contributed by atoms with van der Waals surface area (Å²) in [6.45, 7) is 2.29. The van der Waals surface area contributed by atoms with Crippen LogP contribution in [0.1, 0.15) is 25.7 Å². The number of rotatable bonds is 4. The molecule has 0 radical (unpaired) electrons. The van der Waals surface area contributed by atoms with E-state index in [1.165, 1.54) is 12.8 Å². The van der Waals surface area contributed by atoms with Gasteiger partial charge in [-0.1, -0.05) is 12.2 Å². The summed E-state index contributed by atoms with van der Waals surface area (Å²) in [5, 5.41) is 3.11. The maximum absolute atomic E-state index is 5.57. The molecule has 1 aliphatic rings. The first-order valence-corrected chi connectivity index (χ1v) is 5.32. The van der Waals surface area contributed by atoms with Crippen LogP contribution in [0.25, 0.3) is 0 Å². The standard InChI is InChI=1S/C9H18N2OS/c10-4-5-11-9(13)7-8-3-1-2-6-12-8/h8H,1-7,10H2,(H,11,13). The molecular formula is C9H18N2OS. The smallest absolute Gasteiger partial charge is 0.0779 e. The van der Waals surface area contributed by atoms with Crippen molar-refractivity contribution in [1.29, 1.82) is 0 Å². The normalized spacial score (nSPS) is 22.7. The van der Waals surface area contributed by atoms with Crippen molar-refractivity contribution in [3.05, 3.63) is 0 Å². The fraction of sp³-hybridized carbons (Fsp3) is 0.889. The molecule has 1 rings (SSSR count). The minimum Gasteiger partial charge on any atom is -0.378 e. The van der Waals surface area contributed by atoms with E-state index in [0.29, 0.717) is 12.6 Å². The minimum atomic E-state index is 0.339. The van der Waals surface area contributed by atoms with E-state index in [4.69, 9.17) is 22.7 Å². The Labute approximate surface area is 85.0 Å². The summed E-state index contributed by atoms with van der Waals surface area (Å²) >= 11 is 5.15. The Morgan fingerprint density at radius 3 is 3.00 bits per heavy atom. The van der Waals surface area contributed by atoms with Crippen LogP contribution < -0.4 is 11.1 Å². The molecule has 3 N–H and O–H groups in total. The molecule has 0 aromatic heterocycles. The molecule has 0 amide bonds. The SMILES string of the molecule is NCCNC(=S)CC1CCCCO1. The summed E-state index contributed by atoms with van der Waals surface area (Å²) in [4.78, 5) is 0.886. The molecule has 0 aliphatic carbocycles. The number of thiocarbonyl (C=S) groups is 1. The second-order valence-corrected chi connectivity index (χ2v) is 3.82. The van der Waals surface area contributed by atoms with Crippen LogP contribution in [0.5, 0.6) is 0 Å². The van der Waals surface area contributed by atoms with Crippen molar-refractivity contribution in [3.8, 4) is 0 Å². The predicted molar refractivity (Wildman–Crippen MR) is 57.9 cm³/mol. The van der Waals surface area contributed by atoms with Gasteiger partial charge in [0, 0.05) is 26.1 Å². The van der Waals surface area contributed by atoms with Crippen molar-refractivity contribution in [1.82, 2.24) is 5.32 Å². The molecule has 3 nitrogen and oxygen atoms in total. The molecule has 4 heteroatoms. The van der Waals surface area contributed by atoms with Crippen LogP contribution in [0.15, 0.2) is 0 Å². The Kier molecular flexibility index (Phi) is 5.27. The molecule has 0 saturated carbocycles. The van der Waals surface area contributed by atoms with E-state index in [1.807, 2.05) is 0 Å². The predicted octanol–water partition coefficient (Wildman–Crippen LogP) is 0.821. The van der Waals surface area contributed by atoms with Gasteiger partial charge in [0.2, 0.25) is 0 Å². The highest BCUT2D eigenvalue weighted by Gasteiger charge is 2.14. The Hall–Kier alpha value is -0.190. The van der Waals surface area contributed by atoms with Gasteiger partial charge >= 0.3 is 0 Å². The van der Waals surface area contributed by atoms with E-state index < -0.39 is 0 Å². The van der Waals surface area contributed by atoms with E-state index in [9.17, 15) is 0 Å². The van der Waals surface area contributed by atoms with E-state index in [2.05, 4.69) is 5.32 Å². The van der Waals surface area contributed by atoms with Crippen LogP contribution in [0.2, 0.25) is 0 Å². The molecule has 0 spiro atoms. The van der Waals surface area contributed by atoms with Crippen LogP contribution in [0.4, 0.5) is 0 Å². The molecule has 0 aromatic carbocycles. The lowest BCUT2D eigenvalue weighted by Gasteiger charge is -2.22. The summed E-state index contributed by atoms with van der Waals surface area (Å²) < 4.78 is 5.57. The average molecular weight is 202 g/mol. The van der Waals surface area contributed by atoms with Gasteiger partial charge in [-0.25, -0.2) is 0 Å². The summed E-state index contributed by atoms with van der Waals surface area (Å²) in [5.41, 5.74) is 5.36. The van der Waals surface area contributed by atoms with Crippen molar-refractivity contribution in [2.24, 2.45) is 5.73 Å². The van der Waals surface area contributed by atoms with Gasteiger partial charge in [-0.3, -0.25) is 0 Å². The van der Waals surface area contributed by atoms with Crippen LogP contribution in [-0.4, -0.2) is 30.8 Å². The van der Waals surface area contributed by atoms with Crippen molar-refractivity contribution >= 4 is 17.2 Å². The number of ether oxygens (including phenoxy) is 1. The molecule has 1 atom stereocenters. The number of hydrogen-bond acceptors (Lipinski definition) is 3. The van der Waals surface area contributed by atoms with Gasteiger partial charge < -0.3 is 15.8 Å². The topological polar surface area (TPSA) is 47.3 Å². The zero-order valence-corrected chi connectivity index (χ0v) is 8.74. The highest BCUT2D eigenvalue weighted by Crippen LogP contribution is 2.15. The van der Waals surface area contributed by atoms with Crippen LogP contribution in [0, 0.1) is 0 Å². The van der Waals surface area contributed by atoms with Gasteiger partial charge in [0.05, 0.1) is 11.1 Å². The van der Waals surface area contributed by atoms with E-state index in [0.717, 1.165) is 31.0 Å². The Balaban J connectivity index is 2.11. The van der Waals surface area contributed by atoms with Crippen LogP contribution in [-0.2, 0) is 4.74 Å². The molecule has 76 valence electrons. The van der Waals surface area contributed by atoms with Gasteiger partial charge in [-0.05, 0) is 19.3 Å². The average Bonchev–Trinajstić information content (AvgIpc) is 2.16. The molecule has 1 heterocycles. The Morgan fingerprint density at radius 1 is 1.54 bits per heavy atom. The van der Waals surface area contributed by atoms with Crippen LogP contribution in [0.3, 0.4) is 0 Å². The molecule has 0 aromatic rings. The number of hydrogen-bond donors (Lipinski definition) is 2. The van der Waals surface area contributed by atoms with Gasteiger partial charge in [0.15, 0.2) is 0 Å². The van der Waals surface area contributed by atoms with Crippen LogP contribution >= 0.6 is 12.2 Å². The quantitative estimate of drug-likeness (QED) is 0.663. The van der Waals surface area contributed by atoms with Gasteiger partial charge in [0.25, 0.3) is 0 Å². The molecule has 1 fully saturated rings. The Morgan fingerprint density at radius 2 is 2.38 bits per heavy atom. The first-order valence-electron chi connectivity index (χ1n) is 4.91. The fourth-order valence-electron chi connectivity index (χ4n) is 1.46. The maximum Gasteiger partial charge on any atom is 0.0779 e. The number of nitrogens with two attached hydrogens (primary N) is 1. The summed E-state index contributed by atoms with van der Waals surface area (Å²) in [6, 6.07) is 0. The number of nitrogens with one attached hydrogen (secondary N) is 1. The lowest BCUT2D eigenvalue weighted by Crippen LogP contribution is -2.32. The second kappa shape index (κ2) is 6.29. The fourth-order valence-corrected chi connectivity index (χ4v) is 1.75. The van der Waals surface area contributed by atoms with E-state index in [-0.39, 0.29) is 0 Å². The molecule has 13 heavy (non-hydrogen) atoms. The monoisotopic (exact) mass is 202 g/mol. The van der Waals surface area contributed by atoms with Crippen molar-refractivity contribution in [2.75, 3.05) is 19.7 Å². The first-order chi connectivity index (χ1) is 6.33.